The number of aromatic nitrogens is 2. The van der Waals surface area contributed by atoms with Crippen molar-refractivity contribution in [1.82, 2.24) is 20.8 Å². The van der Waals surface area contributed by atoms with Crippen molar-refractivity contribution in [3.63, 3.8) is 0 Å². The van der Waals surface area contributed by atoms with Gasteiger partial charge in [-0.15, -0.1) is 0 Å². The lowest BCUT2D eigenvalue weighted by molar-refractivity contribution is 0.0950. The maximum Gasteiger partial charge on any atom is 0.292 e. The highest BCUT2D eigenvalue weighted by molar-refractivity contribution is 5.89. The summed E-state index contributed by atoms with van der Waals surface area (Å²) >= 11 is 0. The Labute approximate surface area is 82.1 Å². The lowest BCUT2D eigenvalue weighted by Gasteiger charge is -1.95. The van der Waals surface area contributed by atoms with E-state index in [4.69, 9.17) is 4.52 Å². The van der Waals surface area contributed by atoms with Crippen molar-refractivity contribution in [2.24, 2.45) is 0 Å². The van der Waals surface area contributed by atoms with E-state index in [9.17, 15) is 4.79 Å². The van der Waals surface area contributed by atoms with Gasteiger partial charge in [0.05, 0.1) is 0 Å². The van der Waals surface area contributed by atoms with Crippen LogP contribution in [0.4, 0.5) is 0 Å². The molecule has 6 heteroatoms. The number of nitrogens with zero attached hydrogens (tertiary/aromatic N) is 2. The number of carbonyl (C=O) groups is 1. The molecule has 1 heterocycles. The monoisotopic (exact) mass is 198 g/mol. The Balaban J connectivity index is 2.46. The van der Waals surface area contributed by atoms with Crippen LogP contribution in [0.25, 0.3) is 0 Å². The first-order valence-electron chi connectivity index (χ1n) is 4.53. The lowest BCUT2D eigenvalue weighted by atomic mass is 10.4. The normalized spacial score (nSPS) is 10.1. The summed E-state index contributed by atoms with van der Waals surface area (Å²) in [5.41, 5.74) is 0. The van der Waals surface area contributed by atoms with E-state index in [1.165, 1.54) is 7.05 Å². The SMILES string of the molecule is CCNCCc1nc(C(=O)NC)no1. The van der Waals surface area contributed by atoms with Gasteiger partial charge in [-0.2, -0.15) is 4.98 Å². The van der Waals surface area contributed by atoms with E-state index in [-0.39, 0.29) is 11.7 Å². The van der Waals surface area contributed by atoms with Crippen molar-refractivity contribution in [1.29, 1.82) is 0 Å². The molecule has 78 valence electrons. The zero-order valence-electron chi connectivity index (χ0n) is 8.33. The highest BCUT2D eigenvalue weighted by atomic mass is 16.5. The first-order chi connectivity index (χ1) is 6.77. The molecule has 0 aromatic carbocycles. The van der Waals surface area contributed by atoms with E-state index in [1.807, 2.05) is 6.92 Å². The molecule has 0 radical (unpaired) electrons. The van der Waals surface area contributed by atoms with Crippen LogP contribution in [0.1, 0.15) is 23.4 Å². The molecule has 0 saturated heterocycles. The van der Waals surface area contributed by atoms with Crippen LogP contribution in [0.5, 0.6) is 0 Å². The van der Waals surface area contributed by atoms with Gasteiger partial charge in [0.2, 0.25) is 5.89 Å². The average Bonchev–Trinajstić information content (AvgIpc) is 2.66. The van der Waals surface area contributed by atoms with Crippen LogP contribution in [0.2, 0.25) is 0 Å². The van der Waals surface area contributed by atoms with Crippen molar-refractivity contribution >= 4 is 5.91 Å². The molecule has 0 bridgehead atoms. The first kappa shape index (κ1) is 10.6. The second-order valence-electron chi connectivity index (χ2n) is 2.69. The Bertz CT molecular complexity index is 297. The molecule has 0 spiro atoms. The van der Waals surface area contributed by atoms with E-state index in [0.29, 0.717) is 12.3 Å². The second-order valence-corrected chi connectivity index (χ2v) is 2.69. The van der Waals surface area contributed by atoms with Crippen molar-refractivity contribution in [3.05, 3.63) is 11.7 Å². The topological polar surface area (TPSA) is 80.0 Å². The molecule has 0 saturated carbocycles. The van der Waals surface area contributed by atoms with Crippen molar-refractivity contribution in [3.8, 4) is 0 Å². The summed E-state index contributed by atoms with van der Waals surface area (Å²) in [4.78, 5) is 15.0. The number of amides is 1. The smallest absolute Gasteiger partial charge is 0.292 e. The van der Waals surface area contributed by atoms with Gasteiger partial charge in [0, 0.05) is 20.0 Å². The Hall–Kier alpha value is -1.43. The molecule has 0 aliphatic carbocycles. The average molecular weight is 198 g/mol. The van der Waals surface area contributed by atoms with Gasteiger partial charge in [-0.05, 0) is 6.54 Å². The molecule has 1 aromatic rings. The van der Waals surface area contributed by atoms with Crippen molar-refractivity contribution in [2.45, 2.75) is 13.3 Å². The molecule has 6 nitrogen and oxygen atoms in total. The highest BCUT2D eigenvalue weighted by Crippen LogP contribution is 1.97. The predicted molar refractivity (Wildman–Crippen MR) is 49.9 cm³/mol. The Morgan fingerprint density at radius 3 is 3.00 bits per heavy atom. The first-order valence-corrected chi connectivity index (χ1v) is 4.53. The van der Waals surface area contributed by atoms with Crippen molar-refractivity contribution in [2.75, 3.05) is 20.1 Å². The molecule has 0 atom stereocenters. The van der Waals surface area contributed by atoms with Crippen LogP contribution in [0.3, 0.4) is 0 Å². The number of rotatable bonds is 5. The van der Waals surface area contributed by atoms with Gasteiger partial charge in [-0.3, -0.25) is 4.79 Å². The molecule has 2 N–H and O–H groups in total. The predicted octanol–water partition coefficient (Wildman–Crippen LogP) is -0.419. The molecule has 0 fully saturated rings. The lowest BCUT2D eigenvalue weighted by Crippen LogP contribution is -2.19. The minimum atomic E-state index is -0.330. The fourth-order valence-corrected chi connectivity index (χ4v) is 0.933. The Kier molecular flexibility index (Phi) is 4.06. The maximum absolute atomic E-state index is 11.0. The van der Waals surface area contributed by atoms with Crippen LogP contribution >= 0.6 is 0 Å². The van der Waals surface area contributed by atoms with Crippen LogP contribution in [0, 0.1) is 0 Å². The Morgan fingerprint density at radius 1 is 1.57 bits per heavy atom. The molecule has 0 unspecified atom stereocenters. The molecular formula is C8H14N4O2. The third kappa shape index (κ3) is 2.81. The van der Waals surface area contributed by atoms with Gasteiger partial charge in [0.1, 0.15) is 0 Å². The largest absolute Gasteiger partial charge is 0.352 e. The summed E-state index contributed by atoms with van der Waals surface area (Å²) in [6, 6.07) is 0. The molecule has 14 heavy (non-hydrogen) atoms. The molecule has 1 amide bonds. The van der Waals surface area contributed by atoms with Crippen LogP contribution in [-0.4, -0.2) is 36.2 Å². The van der Waals surface area contributed by atoms with Gasteiger partial charge in [-0.25, -0.2) is 0 Å². The fourth-order valence-electron chi connectivity index (χ4n) is 0.933. The minimum absolute atomic E-state index is 0.0824. The zero-order valence-corrected chi connectivity index (χ0v) is 8.33. The summed E-state index contributed by atoms with van der Waals surface area (Å²) in [6.45, 7) is 3.69. The van der Waals surface area contributed by atoms with E-state index in [2.05, 4.69) is 20.8 Å². The summed E-state index contributed by atoms with van der Waals surface area (Å²) < 4.78 is 4.87. The molecular weight excluding hydrogens is 184 g/mol. The van der Waals surface area contributed by atoms with Crippen LogP contribution in [-0.2, 0) is 6.42 Å². The van der Waals surface area contributed by atoms with E-state index in [1.54, 1.807) is 0 Å². The number of carbonyl (C=O) groups excluding carboxylic acids is 1. The zero-order chi connectivity index (χ0) is 10.4. The number of hydrogen-bond donors (Lipinski definition) is 2. The highest BCUT2D eigenvalue weighted by Gasteiger charge is 2.11. The number of nitrogens with one attached hydrogen (secondary N) is 2. The van der Waals surface area contributed by atoms with Crippen LogP contribution in [0.15, 0.2) is 4.52 Å². The van der Waals surface area contributed by atoms with Gasteiger partial charge in [0.25, 0.3) is 11.7 Å². The molecule has 1 aromatic heterocycles. The van der Waals surface area contributed by atoms with Gasteiger partial charge in [0.15, 0.2) is 0 Å². The fraction of sp³-hybridized carbons (Fsp3) is 0.625. The number of likely N-dealkylation sites (N-methyl/N-ethyl adjacent to an activating group) is 1. The summed E-state index contributed by atoms with van der Waals surface area (Å²) in [5, 5.41) is 9.08. The minimum Gasteiger partial charge on any atom is -0.352 e. The van der Waals surface area contributed by atoms with E-state index >= 15 is 0 Å². The van der Waals surface area contributed by atoms with E-state index in [0.717, 1.165) is 13.1 Å². The standard InChI is InChI=1S/C8H14N4O2/c1-3-10-5-4-6-11-7(12-14-6)8(13)9-2/h10H,3-5H2,1-2H3,(H,9,13). The maximum atomic E-state index is 11.0. The quantitative estimate of drug-likeness (QED) is 0.628. The number of hydrogen-bond acceptors (Lipinski definition) is 5. The summed E-state index contributed by atoms with van der Waals surface area (Å²) in [6.07, 6.45) is 0.637. The molecule has 0 aliphatic heterocycles. The third-order valence-corrected chi connectivity index (χ3v) is 1.66. The molecule has 0 aliphatic rings. The summed E-state index contributed by atoms with van der Waals surface area (Å²) in [7, 11) is 1.52. The van der Waals surface area contributed by atoms with Crippen LogP contribution < -0.4 is 10.6 Å². The van der Waals surface area contributed by atoms with Gasteiger partial charge in [-0.1, -0.05) is 12.1 Å². The van der Waals surface area contributed by atoms with Crippen molar-refractivity contribution < 1.29 is 9.32 Å². The van der Waals surface area contributed by atoms with Gasteiger partial charge < -0.3 is 15.2 Å². The van der Waals surface area contributed by atoms with E-state index < -0.39 is 0 Å². The molecule has 1 rings (SSSR count). The Morgan fingerprint density at radius 2 is 2.36 bits per heavy atom. The van der Waals surface area contributed by atoms with Gasteiger partial charge >= 0.3 is 0 Å². The second kappa shape index (κ2) is 5.33. The summed E-state index contributed by atoms with van der Waals surface area (Å²) in [5.74, 6) is 0.229. The third-order valence-electron chi connectivity index (χ3n) is 1.66.